The molecule has 0 atom stereocenters. The second kappa shape index (κ2) is 8.14. The van der Waals surface area contributed by atoms with Crippen molar-refractivity contribution in [2.24, 2.45) is 5.10 Å². The molecule has 3 aliphatic rings. The number of benzene rings is 1. The van der Waals surface area contributed by atoms with E-state index in [1.54, 1.807) is 0 Å². The first kappa shape index (κ1) is 20.3. The van der Waals surface area contributed by atoms with E-state index in [0.29, 0.717) is 19.0 Å². The number of piperidine rings is 1. The summed E-state index contributed by atoms with van der Waals surface area (Å²) in [5.74, 6) is 2.05. The molecule has 0 bridgehead atoms. The van der Waals surface area contributed by atoms with Gasteiger partial charge in [0.2, 0.25) is 0 Å². The van der Waals surface area contributed by atoms with Crippen molar-refractivity contribution in [1.29, 1.82) is 0 Å². The number of hydrogen-bond donors (Lipinski definition) is 2. The molecule has 0 radical (unpaired) electrons. The number of nitrogens with one attached hydrogen (secondary N) is 2. The normalized spacial score (nSPS) is 18.8. The van der Waals surface area contributed by atoms with E-state index in [1.807, 2.05) is 54.4 Å². The lowest BCUT2D eigenvalue weighted by Gasteiger charge is -2.44. The molecular formula is C23H27N7O2. The molecular weight excluding hydrogens is 406 g/mol. The van der Waals surface area contributed by atoms with Crippen molar-refractivity contribution in [3.05, 3.63) is 59.9 Å². The fourth-order valence-corrected chi connectivity index (χ4v) is 4.25. The van der Waals surface area contributed by atoms with Crippen LogP contribution in [0.5, 0.6) is 0 Å². The molecule has 1 spiro atoms. The fraction of sp³-hybridized carbons (Fsp3) is 0.391. The highest BCUT2D eigenvalue weighted by Crippen LogP contribution is 2.34. The van der Waals surface area contributed by atoms with Gasteiger partial charge in [0.1, 0.15) is 5.66 Å². The zero-order valence-electron chi connectivity index (χ0n) is 18.3. The third kappa shape index (κ3) is 3.74. The predicted octanol–water partition coefficient (Wildman–Crippen LogP) is 3.48. The Hall–Kier alpha value is -3.62. The number of amidine groups is 1. The lowest BCUT2D eigenvalue weighted by molar-refractivity contribution is 0.0969. The molecule has 1 saturated heterocycles. The van der Waals surface area contributed by atoms with Gasteiger partial charge in [0.25, 0.3) is 5.89 Å². The summed E-state index contributed by atoms with van der Waals surface area (Å²) in [6.07, 6.45) is 9.24. The lowest BCUT2D eigenvalue weighted by atomic mass is 9.95. The number of carbonyl (C=O) groups excluding carboxylic acids is 1. The Kier molecular flexibility index (Phi) is 5.16. The summed E-state index contributed by atoms with van der Waals surface area (Å²) in [7, 11) is 0. The van der Waals surface area contributed by atoms with Crippen molar-refractivity contribution in [1.82, 2.24) is 25.4 Å². The molecule has 166 valence electrons. The molecule has 2 N–H and O–H groups in total. The van der Waals surface area contributed by atoms with Crippen molar-refractivity contribution in [2.45, 2.75) is 45.2 Å². The smallest absolute Gasteiger partial charge is 0.321 e. The summed E-state index contributed by atoms with van der Waals surface area (Å²) in [6, 6.07) is 7.76. The van der Waals surface area contributed by atoms with Crippen LogP contribution in [0.3, 0.4) is 0 Å². The molecule has 4 heterocycles. The van der Waals surface area contributed by atoms with Gasteiger partial charge in [-0.2, -0.15) is 10.1 Å². The molecule has 0 unspecified atom stereocenters. The number of aromatic nitrogens is 2. The van der Waals surface area contributed by atoms with Gasteiger partial charge in [-0.3, -0.25) is 5.43 Å². The number of aryl methyl sites for hydroxylation is 2. The second-order valence-corrected chi connectivity index (χ2v) is 8.45. The number of rotatable bonds is 4. The van der Waals surface area contributed by atoms with Gasteiger partial charge in [0, 0.05) is 49.8 Å². The number of allylic oxidation sites excluding steroid dienone is 2. The van der Waals surface area contributed by atoms with E-state index in [0.717, 1.165) is 48.6 Å². The molecule has 32 heavy (non-hydrogen) atoms. The van der Waals surface area contributed by atoms with Gasteiger partial charge in [-0.25, -0.2) is 4.79 Å². The average molecular weight is 434 g/mol. The van der Waals surface area contributed by atoms with Crippen LogP contribution in [0.1, 0.15) is 43.5 Å². The number of anilines is 1. The molecule has 1 fully saturated rings. The first-order valence-corrected chi connectivity index (χ1v) is 11.1. The van der Waals surface area contributed by atoms with E-state index in [2.05, 4.69) is 37.8 Å². The van der Waals surface area contributed by atoms with Crippen LogP contribution in [0.15, 0.2) is 52.2 Å². The number of fused-ring (bicyclic) bond motifs is 2. The van der Waals surface area contributed by atoms with Crippen molar-refractivity contribution in [2.75, 3.05) is 18.4 Å². The van der Waals surface area contributed by atoms with Crippen LogP contribution in [0.25, 0.3) is 5.57 Å². The van der Waals surface area contributed by atoms with E-state index >= 15 is 0 Å². The third-order valence-corrected chi connectivity index (χ3v) is 6.14. The summed E-state index contributed by atoms with van der Waals surface area (Å²) >= 11 is 0. The molecule has 1 aromatic carbocycles. The van der Waals surface area contributed by atoms with Gasteiger partial charge in [-0.1, -0.05) is 29.8 Å². The molecule has 1 aromatic heterocycles. The predicted molar refractivity (Wildman–Crippen MR) is 122 cm³/mol. The Morgan fingerprint density at radius 1 is 1.25 bits per heavy atom. The SMILES string of the molecule is CCCc1noc(C2=CC3=NNC4(CCN(C(=O)Nc5ccc(C)cc5)CC4)N3C=C2)n1. The van der Waals surface area contributed by atoms with Crippen LogP contribution in [0.2, 0.25) is 0 Å². The van der Waals surface area contributed by atoms with Crippen LogP contribution in [-0.2, 0) is 6.42 Å². The highest BCUT2D eigenvalue weighted by molar-refractivity contribution is 6.03. The van der Waals surface area contributed by atoms with Crippen LogP contribution < -0.4 is 10.7 Å². The van der Waals surface area contributed by atoms with E-state index < -0.39 is 0 Å². The number of likely N-dealkylation sites (tertiary alicyclic amines) is 1. The van der Waals surface area contributed by atoms with Crippen molar-refractivity contribution in [3.63, 3.8) is 0 Å². The average Bonchev–Trinajstić information content (AvgIpc) is 3.41. The minimum atomic E-state index is -0.323. The van der Waals surface area contributed by atoms with E-state index in [4.69, 9.17) is 4.52 Å². The third-order valence-electron chi connectivity index (χ3n) is 6.14. The summed E-state index contributed by atoms with van der Waals surface area (Å²) < 4.78 is 5.41. The van der Waals surface area contributed by atoms with Crippen LogP contribution in [-0.4, -0.2) is 50.6 Å². The van der Waals surface area contributed by atoms with Gasteiger partial charge < -0.3 is 19.6 Å². The molecule has 5 rings (SSSR count). The van der Waals surface area contributed by atoms with E-state index in [1.165, 1.54) is 5.56 Å². The summed E-state index contributed by atoms with van der Waals surface area (Å²) in [5.41, 5.74) is 5.82. The minimum Gasteiger partial charge on any atom is -0.334 e. The number of amides is 2. The maximum absolute atomic E-state index is 12.7. The highest BCUT2D eigenvalue weighted by Gasteiger charge is 2.45. The standard InChI is InChI=1S/C23H27N7O2/c1-3-4-19-25-21(32-27-19)17-9-12-30-20(15-17)26-28-23(30)10-13-29(14-11-23)22(31)24-18-7-5-16(2)6-8-18/h5-9,12,15,28H,3-4,10-11,13-14H2,1-2H3,(H,24,31). The Morgan fingerprint density at radius 2 is 2.03 bits per heavy atom. The zero-order chi connectivity index (χ0) is 22.1. The van der Waals surface area contributed by atoms with Crippen molar-refractivity contribution < 1.29 is 9.32 Å². The summed E-state index contributed by atoms with van der Waals surface area (Å²) in [4.78, 5) is 21.2. The van der Waals surface area contributed by atoms with Gasteiger partial charge in [0.05, 0.1) is 0 Å². The quantitative estimate of drug-likeness (QED) is 0.766. The number of nitrogens with zero attached hydrogens (tertiary/aromatic N) is 5. The van der Waals surface area contributed by atoms with E-state index in [9.17, 15) is 4.79 Å². The molecule has 0 saturated carbocycles. The topological polar surface area (TPSA) is 98.9 Å². The largest absolute Gasteiger partial charge is 0.334 e. The highest BCUT2D eigenvalue weighted by atomic mass is 16.5. The van der Waals surface area contributed by atoms with Crippen LogP contribution in [0.4, 0.5) is 10.5 Å². The van der Waals surface area contributed by atoms with Gasteiger partial charge in [-0.15, -0.1) is 0 Å². The number of hydrogen-bond acceptors (Lipinski definition) is 7. The van der Waals surface area contributed by atoms with Crippen molar-refractivity contribution in [3.8, 4) is 0 Å². The molecule has 9 heteroatoms. The Morgan fingerprint density at radius 3 is 2.78 bits per heavy atom. The maximum atomic E-state index is 12.7. The molecule has 2 aromatic rings. The molecule has 9 nitrogen and oxygen atoms in total. The second-order valence-electron chi connectivity index (χ2n) is 8.45. The number of hydrazone groups is 1. The molecule has 2 amide bonds. The van der Waals surface area contributed by atoms with Gasteiger partial charge in [0.15, 0.2) is 11.7 Å². The first-order chi connectivity index (χ1) is 15.6. The molecule has 0 aliphatic carbocycles. The Labute approximate surface area is 186 Å². The monoisotopic (exact) mass is 433 g/mol. The Bertz CT molecular complexity index is 1090. The lowest BCUT2D eigenvalue weighted by Crippen LogP contribution is -2.59. The summed E-state index contributed by atoms with van der Waals surface area (Å²) in [5, 5.41) is 11.6. The molecule has 3 aliphatic heterocycles. The van der Waals surface area contributed by atoms with Gasteiger partial charge >= 0.3 is 6.03 Å². The van der Waals surface area contributed by atoms with Gasteiger partial charge in [-0.05, 0) is 37.6 Å². The zero-order valence-corrected chi connectivity index (χ0v) is 18.3. The number of carbonyl (C=O) groups is 1. The van der Waals surface area contributed by atoms with E-state index in [-0.39, 0.29) is 11.7 Å². The van der Waals surface area contributed by atoms with Crippen molar-refractivity contribution >= 4 is 23.1 Å². The van der Waals surface area contributed by atoms with Crippen LogP contribution >= 0.6 is 0 Å². The Balaban J connectivity index is 1.21. The fourth-order valence-electron chi connectivity index (χ4n) is 4.25. The first-order valence-electron chi connectivity index (χ1n) is 11.1. The van der Waals surface area contributed by atoms with Crippen LogP contribution in [0, 0.1) is 6.92 Å². The minimum absolute atomic E-state index is 0.0708. The number of urea groups is 1. The summed E-state index contributed by atoms with van der Waals surface area (Å²) in [6.45, 7) is 5.39. The maximum Gasteiger partial charge on any atom is 0.321 e.